The van der Waals surface area contributed by atoms with Crippen molar-refractivity contribution in [1.29, 1.82) is 0 Å². The van der Waals surface area contributed by atoms with Crippen molar-refractivity contribution in [3.05, 3.63) is 165 Å². The van der Waals surface area contributed by atoms with Crippen molar-refractivity contribution in [2.75, 3.05) is 99.3 Å². The van der Waals surface area contributed by atoms with Gasteiger partial charge < -0.3 is 90.4 Å². The number of imidazole rings is 3. The van der Waals surface area contributed by atoms with Gasteiger partial charge in [0.05, 0.1) is 36.7 Å². The molecule has 7 aromatic heterocycles. The van der Waals surface area contributed by atoms with Crippen LogP contribution in [-0.4, -0.2) is 195 Å². The first-order valence-corrected chi connectivity index (χ1v) is 39.5. The van der Waals surface area contributed by atoms with E-state index in [1.54, 1.807) is 80.4 Å². The molecule has 37 heteroatoms. The Morgan fingerprint density at radius 2 is 1.07 bits per heavy atom. The smallest absolute Gasteiger partial charge is 0.291 e. The van der Waals surface area contributed by atoms with E-state index in [1.165, 1.54) is 41.5 Å². The maximum atomic E-state index is 13.7. The Labute approximate surface area is 679 Å². The molecule has 116 heavy (non-hydrogen) atoms. The van der Waals surface area contributed by atoms with E-state index in [4.69, 9.17) is 26.1 Å². The van der Waals surface area contributed by atoms with Crippen LogP contribution >= 0.6 is 22.9 Å². The summed E-state index contributed by atoms with van der Waals surface area (Å²) < 4.78 is 21.5. The number of aromatic nitrogens is 11. The number of carbonyl (C=O) groups excluding carboxylic acids is 10. The molecule has 9 aromatic rings. The van der Waals surface area contributed by atoms with Gasteiger partial charge in [0, 0.05) is 155 Å². The first-order valence-electron chi connectivity index (χ1n) is 38.3. The number of amides is 10. The number of hydrogen-bond acceptors (Lipinski definition) is 20. The number of nitrogens with zero attached hydrogens (tertiary/aromatic N) is 13. The molecule has 35 nitrogen and oxygen atoms in total. The van der Waals surface area contributed by atoms with Crippen LogP contribution in [0.1, 0.15) is 197 Å². The summed E-state index contributed by atoms with van der Waals surface area (Å²) >= 11 is 7.91. The van der Waals surface area contributed by atoms with Crippen LogP contribution < -0.4 is 57.9 Å². The number of hydrogen-bond donors (Lipinski definition) is 10. The molecule has 2 aromatic carbocycles. The number of nitrogens with one attached hydrogen (secondary N) is 10. The Bertz CT molecular complexity index is 5060. The van der Waals surface area contributed by atoms with Crippen LogP contribution in [0.3, 0.4) is 0 Å². The summed E-state index contributed by atoms with van der Waals surface area (Å²) in [6.07, 6.45) is 10.8. The fourth-order valence-electron chi connectivity index (χ4n) is 12.6. The maximum absolute atomic E-state index is 13.7. The lowest BCUT2D eigenvalue weighted by atomic mass is 9.99. The standard InChI is InChI=1S/C79H100ClN23O12S/c1-46(2)100-35-32-83-71(100)77(112)88-55-39-59(98(11)42-55)74(109)84-31-25-66(107)92-62-45-102(48(5)6)73(94-62)78(113)89-56-40-60(99(12)43-56)75(110)85-30-24-65(106)91-61-44-101(47(3)4)72(93-61)76(111)86-29-23-63(104)81-27-13-33-97(10)34-14-28-82-64(105)26-36-114-37-38-115-57-21-19-54(20-22-57)87-67(108)41-58-70-96-95-51(9)103(70)79-68(49(7)50(8)116-79)69(90-58)52-15-17-53(80)18-16-52/h15-22,32,35,39-40,42-48,58H,13-14,23-31,33-34,36-38,41H2,1-12H3,(H,81,104)(H,82,105)(H,84,109)(H,85,110)(H,86,111)(H,87,108)(H,88,112)(H,89,113)(H,91,106)(H,92,107)/t58-/m0/s1. The number of aryl methyl sites for hydroxylation is 4. The average Bonchev–Trinajstić information content (AvgIpc) is 1.59. The van der Waals surface area contributed by atoms with Gasteiger partial charge in [-0.1, -0.05) is 23.7 Å². The molecule has 0 aliphatic carbocycles. The lowest BCUT2D eigenvalue weighted by Crippen LogP contribution is -2.33. The third-order valence-electron chi connectivity index (χ3n) is 18.8. The molecule has 0 bridgehead atoms. The average molecular weight is 1630 g/mol. The van der Waals surface area contributed by atoms with Gasteiger partial charge in [0.15, 0.2) is 23.3 Å². The van der Waals surface area contributed by atoms with E-state index >= 15 is 0 Å². The molecule has 0 fully saturated rings. The third kappa shape index (κ3) is 23.1. The van der Waals surface area contributed by atoms with Crippen molar-refractivity contribution in [2.24, 2.45) is 19.1 Å². The minimum atomic E-state index is -0.625. The fourth-order valence-corrected chi connectivity index (χ4v) is 14.0. The highest BCUT2D eigenvalue weighted by molar-refractivity contribution is 7.15. The van der Waals surface area contributed by atoms with E-state index in [1.807, 2.05) is 84.3 Å². The highest BCUT2D eigenvalue weighted by atomic mass is 35.5. The zero-order valence-electron chi connectivity index (χ0n) is 67.1. The van der Waals surface area contributed by atoms with Crippen LogP contribution in [0.5, 0.6) is 5.75 Å². The number of halogens is 1. The second-order valence-corrected chi connectivity index (χ2v) is 30.4. The van der Waals surface area contributed by atoms with Crippen molar-refractivity contribution in [1.82, 2.24) is 84.0 Å². The zero-order chi connectivity index (χ0) is 83.4. The Morgan fingerprint density at radius 3 is 1.63 bits per heavy atom. The molecule has 0 unspecified atom stereocenters. The van der Waals surface area contributed by atoms with Gasteiger partial charge in [-0.15, -0.1) is 21.5 Å². The minimum Gasteiger partial charge on any atom is -0.491 e. The van der Waals surface area contributed by atoms with Gasteiger partial charge >= 0.3 is 0 Å². The number of rotatable bonds is 40. The normalized spacial score (nSPS) is 12.4. The van der Waals surface area contributed by atoms with Crippen LogP contribution in [0.4, 0.5) is 28.7 Å². The van der Waals surface area contributed by atoms with Crippen LogP contribution in [-0.2, 0) is 42.8 Å². The molecule has 0 saturated carbocycles. The molecule has 1 atom stereocenters. The molecule has 0 saturated heterocycles. The van der Waals surface area contributed by atoms with Gasteiger partial charge in [0.1, 0.15) is 40.6 Å². The molecular formula is C79H100ClN23O12S. The number of carbonyl (C=O) groups is 10. The molecular weight excluding hydrogens is 1530 g/mol. The molecule has 10 amide bonds. The summed E-state index contributed by atoms with van der Waals surface area (Å²) in [5, 5.41) is 38.3. The quantitative estimate of drug-likeness (QED) is 0.0161. The molecule has 1 aliphatic heterocycles. The molecule has 10 N–H and O–H groups in total. The van der Waals surface area contributed by atoms with E-state index in [9.17, 15) is 47.9 Å². The third-order valence-corrected chi connectivity index (χ3v) is 20.2. The van der Waals surface area contributed by atoms with Crippen molar-refractivity contribution in [3.63, 3.8) is 0 Å². The van der Waals surface area contributed by atoms with Crippen LogP contribution in [0.2, 0.25) is 5.02 Å². The van der Waals surface area contributed by atoms with Gasteiger partial charge in [-0.2, -0.15) is 0 Å². The van der Waals surface area contributed by atoms with Crippen LogP contribution in [0.25, 0.3) is 5.00 Å². The summed E-state index contributed by atoms with van der Waals surface area (Å²) in [5.74, 6) is -1.86. The predicted octanol–water partition coefficient (Wildman–Crippen LogP) is 8.41. The second-order valence-electron chi connectivity index (χ2n) is 28.7. The van der Waals surface area contributed by atoms with Gasteiger partial charge in [-0.25, -0.2) is 15.0 Å². The number of thiophene rings is 1. The minimum absolute atomic E-state index is 0.0116. The summed E-state index contributed by atoms with van der Waals surface area (Å²) in [6, 6.07) is 16.5. The Kier molecular flexibility index (Phi) is 29.9. The molecule has 0 spiro atoms. The molecule has 1 aliphatic rings. The number of benzene rings is 2. The highest BCUT2D eigenvalue weighted by Crippen LogP contribution is 2.40. The van der Waals surface area contributed by atoms with Crippen molar-refractivity contribution < 1.29 is 57.4 Å². The van der Waals surface area contributed by atoms with Crippen molar-refractivity contribution in [2.45, 2.75) is 131 Å². The largest absolute Gasteiger partial charge is 0.491 e. The second kappa shape index (κ2) is 40.2. The number of aliphatic imine (C=N–C) groups is 1. The predicted molar refractivity (Wildman–Crippen MR) is 439 cm³/mol. The van der Waals surface area contributed by atoms with Gasteiger partial charge in [-0.05, 0) is 149 Å². The van der Waals surface area contributed by atoms with E-state index in [-0.39, 0.29) is 154 Å². The Morgan fingerprint density at radius 1 is 0.543 bits per heavy atom. The number of ether oxygens (including phenoxy) is 2. The van der Waals surface area contributed by atoms with Gasteiger partial charge in [0.2, 0.25) is 41.2 Å². The van der Waals surface area contributed by atoms with E-state index in [0.717, 1.165) is 45.2 Å². The Hall–Kier alpha value is -12.2. The van der Waals surface area contributed by atoms with Crippen LogP contribution in [0.15, 0.2) is 103 Å². The van der Waals surface area contributed by atoms with Gasteiger partial charge in [0.25, 0.3) is 29.5 Å². The summed E-state index contributed by atoms with van der Waals surface area (Å²) in [7, 11) is 5.22. The van der Waals surface area contributed by atoms with E-state index < -0.39 is 47.4 Å². The summed E-state index contributed by atoms with van der Waals surface area (Å²) in [4.78, 5) is 153. The highest BCUT2D eigenvalue weighted by Gasteiger charge is 2.33. The summed E-state index contributed by atoms with van der Waals surface area (Å²) in [6.45, 7) is 20.3. The lowest BCUT2D eigenvalue weighted by Gasteiger charge is -2.17. The number of anilines is 5. The van der Waals surface area contributed by atoms with Crippen LogP contribution in [0, 0.1) is 20.8 Å². The first kappa shape index (κ1) is 86.3. The van der Waals surface area contributed by atoms with E-state index in [2.05, 4.69) is 97.1 Å². The SMILES string of the molecule is Cc1sc2c(c1C)C(c1ccc(Cl)cc1)=N[C@@H](CC(=O)Nc1ccc(OCCOCCC(=O)NCCCN(C)CCCNC(=O)CCNC(=O)c3nc(NC(=O)CCNC(=O)c4cc(NC(=O)c5nc(NC(=O)CCNC(=O)c6cc(NC(=O)c7nccn7C(C)C)cn6C)cn5C(C)C)cn4C)cn3C(C)C)cc1)c1nnc(C)n1-2. The first-order chi connectivity index (χ1) is 55.5. The molecule has 8 heterocycles. The molecule has 10 rings (SSSR count). The van der Waals surface area contributed by atoms with Crippen molar-refractivity contribution >= 4 is 116 Å². The topological polar surface area (TPSA) is 419 Å². The van der Waals surface area contributed by atoms with Crippen molar-refractivity contribution in [3.8, 4) is 10.8 Å². The monoisotopic (exact) mass is 1630 g/mol. The zero-order valence-corrected chi connectivity index (χ0v) is 68.6. The molecule has 0 radical (unpaired) electrons. The lowest BCUT2D eigenvalue weighted by molar-refractivity contribution is -0.122. The summed E-state index contributed by atoms with van der Waals surface area (Å²) in [5.41, 5.74) is 5.40. The fraction of sp³-hybridized carbons (Fsp3) is 0.418. The van der Waals surface area contributed by atoms with E-state index in [0.29, 0.717) is 59.9 Å². The van der Waals surface area contributed by atoms with Gasteiger partial charge in [-0.3, -0.25) is 57.5 Å². The maximum Gasteiger partial charge on any atom is 0.291 e. The Balaban J connectivity index is 0.548. The number of fused-ring (bicyclic) bond motifs is 3. The molecule has 616 valence electrons.